The molecule has 2 atom stereocenters. The lowest BCUT2D eigenvalue weighted by molar-refractivity contribution is -0.140. The van der Waals surface area contributed by atoms with Crippen LogP contribution in [-0.2, 0) is 22.6 Å². The number of amides is 2. The van der Waals surface area contributed by atoms with Gasteiger partial charge in [0.1, 0.15) is 17.5 Å². The number of aliphatic hydroxyl groups excluding tert-OH is 1. The van der Waals surface area contributed by atoms with Gasteiger partial charge in [0, 0.05) is 18.5 Å². The highest BCUT2D eigenvalue weighted by atomic mass is 16.5. The van der Waals surface area contributed by atoms with Gasteiger partial charge >= 0.3 is 0 Å². The molecule has 0 spiro atoms. The van der Waals surface area contributed by atoms with Crippen LogP contribution < -0.4 is 15.4 Å². The van der Waals surface area contributed by atoms with Gasteiger partial charge in [0.25, 0.3) is 5.91 Å². The van der Waals surface area contributed by atoms with Crippen LogP contribution in [0.1, 0.15) is 41.2 Å². The highest BCUT2D eigenvalue weighted by Crippen LogP contribution is 2.43. The fraction of sp³-hybridized carbons (Fsp3) is 0.417. The number of phenols is 1. The van der Waals surface area contributed by atoms with E-state index < -0.39 is 30.1 Å². The first-order valence-corrected chi connectivity index (χ1v) is 10.4. The minimum atomic E-state index is -1.19. The Morgan fingerprint density at radius 1 is 1.13 bits per heavy atom. The number of phenolic OH excluding ortho intramolecular Hbond substituents is 1. The summed E-state index contributed by atoms with van der Waals surface area (Å²) >= 11 is 0. The summed E-state index contributed by atoms with van der Waals surface area (Å²) in [5, 5.41) is 25.4. The van der Waals surface area contributed by atoms with Crippen LogP contribution in [0.3, 0.4) is 0 Å². The van der Waals surface area contributed by atoms with E-state index >= 15 is 0 Å². The maximum absolute atomic E-state index is 13.0. The first-order chi connectivity index (χ1) is 14.7. The summed E-state index contributed by atoms with van der Waals surface area (Å²) in [4.78, 5) is 25.5. The molecule has 1 unspecified atom stereocenters. The minimum Gasteiger partial charge on any atom is -0.507 e. The Morgan fingerprint density at radius 3 is 2.45 bits per heavy atom. The summed E-state index contributed by atoms with van der Waals surface area (Å²) in [6.45, 7) is 6.96. The number of hydrogen-bond donors (Lipinski definition) is 4. The van der Waals surface area contributed by atoms with Crippen molar-refractivity contribution >= 4 is 11.8 Å². The van der Waals surface area contributed by atoms with Crippen molar-refractivity contribution in [3.8, 4) is 11.5 Å². The fourth-order valence-electron chi connectivity index (χ4n) is 3.82. The predicted molar refractivity (Wildman–Crippen MR) is 117 cm³/mol. The Balaban J connectivity index is 1.71. The normalized spacial score (nSPS) is 18.5. The summed E-state index contributed by atoms with van der Waals surface area (Å²) in [6, 6.07) is 8.31. The second-order valence-electron chi connectivity index (χ2n) is 8.28. The Bertz CT molecular complexity index is 989. The third kappa shape index (κ3) is 4.51. The number of aromatic hydroxyl groups is 1. The van der Waals surface area contributed by atoms with Crippen LogP contribution in [0, 0.1) is 20.8 Å². The maximum Gasteiger partial charge on any atom is 0.264 e. The lowest BCUT2D eigenvalue weighted by Crippen LogP contribution is -2.57. The van der Waals surface area contributed by atoms with Crippen molar-refractivity contribution in [1.82, 2.24) is 10.6 Å². The van der Waals surface area contributed by atoms with Crippen molar-refractivity contribution in [2.45, 2.75) is 58.7 Å². The lowest BCUT2D eigenvalue weighted by Gasteiger charge is -2.37. The number of rotatable bonds is 6. The van der Waals surface area contributed by atoms with E-state index in [0.717, 1.165) is 27.8 Å². The van der Waals surface area contributed by atoms with Gasteiger partial charge in [0.05, 0.1) is 6.61 Å². The Labute approximate surface area is 182 Å². The molecule has 2 amide bonds. The molecule has 0 aliphatic carbocycles. The van der Waals surface area contributed by atoms with Crippen LogP contribution >= 0.6 is 0 Å². The standard InChI is InChI=1S/C24H30N2O5/c1-14-15(2)21-18(16(3)20(14)28)10-11-24(4,31-21)23(30)26-19(13-27)22(29)25-12-17-8-6-5-7-9-17/h5-9,19,27-28H,10-13H2,1-4H3,(H,25,29)(H,26,30)/t19-,24?/m0/s1. The van der Waals surface area contributed by atoms with Crippen LogP contribution in [0.15, 0.2) is 30.3 Å². The van der Waals surface area contributed by atoms with Crippen LogP contribution in [0.5, 0.6) is 11.5 Å². The lowest BCUT2D eigenvalue weighted by atomic mass is 9.86. The molecule has 3 rings (SSSR count). The Kier molecular flexibility index (Phi) is 6.55. The highest BCUT2D eigenvalue weighted by molar-refractivity contribution is 5.92. The molecule has 31 heavy (non-hydrogen) atoms. The zero-order chi connectivity index (χ0) is 22.8. The predicted octanol–water partition coefficient (Wildman–Crippen LogP) is 2.19. The quantitative estimate of drug-likeness (QED) is 0.566. The van der Waals surface area contributed by atoms with E-state index in [9.17, 15) is 19.8 Å². The van der Waals surface area contributed by atoms with Crippen molar-refractivity contribution in [1.29, 1.82) is 0 Å². The molecule has 2 aromatic rings. The molecule has 7 heteroatoms. The Morgan fingerprint density at radius 2 is 1.81 bits per heavy atom. The Hall–Kier alpha value is -3.06. The summed E-state index contributed by atoms with van der Waals surface area (Å²) < 4.78 is 6.15. The number of carbonyl (C=O) groups is 2. The van der Waals surface area contributed by atoms with Gasteiger partial charge in [-0.15, -0.1) is 0 Å². The van der Waals surface area contributed by atoms with Crippen molar-refractivity contribution in [3.63, 3.8) is 0 Å². The van der Waals surface area contributed by atoms with Crippen molar-refractivity contribution in [2.75, 3.05) is 6.61 Å². The van der Waals surface area contributed by atoms with E-state index in [1.807, 2.05) is 51.1 Å². The van der Waals surface area contributed by atoms with Gasteiger partial charge in [0.2, 0.25) is 5.91 Å². The van der Waals surface area contributed by atoms with E-state index in [-0.39, 0.29) is 5.75 Å². The van der Waals surface area contributed by atoms with E-state index in [1.54, 1.807) is 6.92 Å². The molecule has 166 valence electrons. The van der Waals surface area contributed by atoms with Crippen LogP contribution in [0.25, 0.3) is 0 Å². The molecular formula is C24H30N2O5. The van der Waals surface area contributed by atoms with Gasteiger partial charge in [-0.3, -0.25) is 9.59 Å². The zero-order valence-corrected chi connectivity index (χ0v) is 18.4. The molecule has 1 heterocycles. The van der Waals surface area contributed by atoms with Gasteiger partial charge in [0.15, 0.2) is 5.60 Å². The summed E-state index contributed by atoms with van der Waals surface area (Å²) in [6.07, 6.45) is 0.947. The van der Waals surface area contributed by atoms with Gasteiger partial charge < -0.3 is 25.6 Å². The van der Waals surface area contributed by atoms with Crippen LogP contribution in [0.2, 0.25) is 0 Å². The third-order valence-corrected chi connectivity index (χ3v) is 6.11. The first kappa shape index (κ1) is 22.6. The third-order valence-electron chi connectivity index (χ3n) is 6.11. The number of aliphatic hydroxyl groups is 1. The monoisotopic (exact) mass is 426 g/mol. The molecule has 1 aliphatic rings. The first-order valence-electron chi connectivity index (χ1n) is 10.4. The van der Waals surface area contributed by atoms with Gasteiger partial charge in [-0.05, 0) is 56.4 Å². The molecular weight excluding hydrogens is 396 g/mol. The second kappa shape index (κ2) is 8.98. The molecule has 1 aliphatic heterocycles. The molecule has 0 aromatic heterocycles. The smallest absolute Gasteiger partial charge is 0.264 e. The molecule has 4 N–H and O–H groups in total. The highest BCUT2D eigenvalue weighted by Gasteiger charge is 2.42. The molecule has 0 bridgehead atoms. The van der Waals surface area contributed by atoms with Crippen molar-refractivity contribution in [2.24, 2.45) is 0 Å². The average Bonchev–Trinajstić information content (AvgIpc) is 2.78. The number of ether oxygens (including phenoxy) is 1. The van der Waals surface area contributed by atoms with Gasteiger partial charge in [-0.25, -0.2) is 0 Å². The van der Waals surface area contributed by atoms with E-state index in [2.05, 4.69) is 10.6 Å². The topological polar surface area (TPSA) is 108 Å². The molecule has 7 nitrogen and oxygen atoms in total. The van der Waals surface area contributed by atoms with E-state index in [4.69, 9.17) is 4.74 Å². The molecule has 0 fully saturated rings. The number of benzene rings is 2. The number of carbonyl (C=O) groups excluding carboxylic acids is 2. The zero-order valence-electron chi connectivity index (χ0n) is 18.4. The number of hydrogen-bond acceptors (Lipinski definition) is 5. The van der Waals surface area contributed by atoms with Crippen molar-refractivity contribution in [3.05, 3.63) is 58.1 Å². The number of fused-ring (bicyclic) bond motifs is 1. The van der Waals surface area contributed by atoms with Crippen LogP contribution in [-0.4, -0.2) is 40.3 Å². The molecule has 0 saturated heterocycles. The molecule has 0 radical (unpaired) electrons. The van der Waals surface area contributed by atoms with Gasteiger partial charge in [-0.2, -0.15) is 0 Å². The van der Waals surface area contributed by atoms with E-state index in [1.165, 1.54) is 0 Å². The average molecular weight is 427 g/mol. The summed E-state index contributed by atoms with van der Waals surface area (Å²) in [5.41, 5.74) is 2.88. The van der Waals surface area contributed by atoms with E-state index in [0.29, 0.717) is 25.1 Å². The van der Waals surface area contributed by atoms with Gasteiger partial charge in [-0.1, -0.05) is 30.3 Å². The largest absolute Gasteiger partial charge is 0.507 e. The summed E-state index contributed by atoms with van der Waals surface area (Å²) in [5.74, 6) is -0.0729. The van der Waals surface area contributed by atoms with Crippen LogP contribution in [0.4, 0.5) is 0 Å². The molecule has 2 aromatic carbocycles. The fourth-order valence-corrected chi connectivity index (χ4v) is 3.82. The summed E-state index contributed by atoms with van der Waals surface area (Å²) in [7, 11) is 0. The second-order valence-corrected chi connectivity index (χ2v) is 8.28. The minimum absolute atomic E-state index is 0.253. The number of nitrogens with one attached hydrogen (secondary N) is 2. The SMILES string of the molecule is Cc1c(C)c2c(c(C)c1O)CCC(C)(C(=O)N[C@@H](CO)C(=O)NCc1ccccc1)O2. The molecule has 0 saturated carbocycles. The maximum atomic E-state index is 13.0. The van der Waals surface area contributed by atoms with Crippen molar-refractivity contribution < 1.29 is 24.5 Å².